The molecule has 0 spiro atoms. The molecule has 0 aliphatic carbocycles. The molecule has 1 aromatic carbocycles. The zero-order valence-corrected chi connectivity index (χ0v) is 12.5. The first-order chi connectivity index (χ1) is 9.20. The van der Waals surface area contributed by atoms with E-state index in [0.717, 1.165) is 23.7 Å². The van der Waals surface area contributed by atoms with Crippen LogP contribution >= 0.6 is 11.8 Å². The molecule has 1 amide bonds. The molecule has 1 aliphatic heterocycles. The van der Waals surface area contributed by atoms with Gasteiger partial charge in [0.15, 0.2) is 0 Å². The molecule has 1 aromatic rings. The number of carbonyl (C=O) groups excluding carboxylic acids is 1. The minimum Gasteiger partial charge on any atom is -0.385 e. The molecular weight excluding hydrogens is 256 g/mol. The van der Waals surface area contributed by atoms with Crippen molar-refractivity contribution >= 4 is 23.4 Å². The van der Waals surface area contributed by atoms with Crippen molar-refractivity contribution in [2.75, 3.05) is 29.9 Å². The van der Waals surface area contributed by atoms with Crippen LogP contribution in [0.5, 0.6) is 0 Å². The maximum atomic E-state index is 11.8. The maximum Gasteiger partial charge on any atom is 0.251 e. The van der Waals surface area contributed by atoms with Crippen molar-refractivity contribution in [3.05, 3.63) is 29.3 Å². The number of nitrogens with one attached hydrogen (secondary N) is 2. The minimum atomic E-state index is 0.00183. The van der Waals surface area contributed by atoms with Crippen molar-refractivity contribution < 1.29 is 4.79 Å². The molecule has 0 aromatic heterocycles. The van der Waals surface area contributed by atoms with Gasteiger partial charge in [0.2, 0.25) is 0 Å². The minimum absolute atomic E-state index is 0.00183. The molecule has 19 heavy (non-hydrogen) atoms. The van der Waals surface area contributed by atoms with Crippen molar-refractivity contribution in [1.82, 2.24) is 5.32 Å². The first-order valence-corrected chi connectivity index (χ1v) is 8.06. The van der Waals surface area contributed by atoms with Crippen molar-refractivity contribution in [3.8, 4) is 0 Å². The lowest BCUT2D eigenvalue weighted by Gasteiger charge is -2.14. The van der Waals surface area contributed by atoms with Gasteiger partial charge in [-0.25, -0.2) is 0 Å². The summed E-state index contributed by atoms with van der Waals surface area (Å²) in [6.07, 6.45) is 1.30. The zero-order valence-electron chi connectivity index (χ0n) is 11.7. The van der Waals surface area contributed by atoms with Crippen LogP contribution in [-0.2, 0) is 0 Å². The first kappa shape index (κ1) is 14.3. The summed E-state index contributed by atoms with van der Waals surface area (Å²) in [6, 6.07) is 5.86. The Morgan fingerprint density at radius 3 is 3.00 bits per heavy atom. The molecule has 0 bridgehead atoms. The lowest BCUT2D eigenvalue weighted by Crippen LogP contribution is -2.23. The van der Waals surface area contributed by atoms with Crippen LogP contribution < -0.4 is 10.6 Å². The van der Waals surface area contributed by atoms with Gasteiger partial charge in [0.25, 0.3) is 5.91 Å². The number of aryl methyl sites for hydroxylation is 1. The normalized spacial score (nSPS) is 18.3. The summed E-state index contributed by atoms with van der Waals surface area (Å²) in [5.41, 5.74) is 3.01. The molecule has 1 fully saturated rings. The number of carbonyl (C=O) groups is 1. The Balaban J connectivity index is 2.01. The van der Waals surface area contributed by atoms with Crippen LogP contribution in [0.25, 0.3) is 0 Å². The van der Waals surface area contributed by atoms with Crippen LogP contribution in [0.15, 0.2) is 18.2 Å². The topological polar surface area (TPSA) is 41.1 Å². The highest BCUT2D eigenvalue weighted by atomic mass is 32.2. The molecule has 2 N–H and O–H groups in total. The molecule has 1 heterocycles. The second kappa shape index (κ2) is 6.85. The van der Waals surface area contributed by atoms with E-state index >= 15 is 0 Å². The van der Waals surface area contributed by atoms with Crippen LogP contribution in [0.3, 0.4) is 0 Å². The fourth-order valence-corrected chi connectivity index (χ4v) is 3.50. The van der Waals surface area contributed by atoms with Crippen LogP contribution in [-0.4, -0.2) is 30.5 Å². The SMILES string of the molecule is CCNC(=O)c1ccc(C)c(NCC2CCSC2)c1. The number of thioether (sulfide) groups is 1. The van der Waals surface area contributed by atoms with Gasteiger partial charge in [-0.3, -0.25) is 4.79 Å². The molecule has 104 valence electrons. The fourth-order valence-electron chi connectivity index (χ4n) is 2.21. The van der Waals surface area contributed by atoms with Gasteiger partial charge in [0.1, 0.15) is 0 Å². The Hall–Kier alpha value is -1.16. The number of rotatable bonds is 5. The van der Waals surface area contributed by atoms with Gasteiger partial charge in [0.05, 0.1) is 0 Å². The van der Waals surface area contributed by atoms with Crippen LogP contribution in [0, 0.1) is 12.8 Å². The van der Waals surface area contributed by atoms with E-state index in [1.807, 2.05) is 36.9 Å². The Labute approximate surface area is 119 Å². The summed E-state index contributed by atoms with van der Waals surface area (Å²) < 4.78 is 0. The number of amides is 1. The number of benzene rings is 1. The Bertz CT molecular complexity index is 442. The van der Waals surface area contributed by atoms with Gasteiger partial charge in [-0.05, 0) is 55.4 Å². The van der Waals surface area contributed by atoms with E-state index in [-0.39, 0.29) is 5.91 Å². The second-order valence-electron chi connectivity index (χ2n) is 5.00. The van der Waals surface area contributed by atoms with Gasteiger partial charge in [-0.15, -0.1) is 0 Å². The van der Waals surface area contributed by atoms with E-state index < -0.39 is 0 Å². The van der Waals surface area contributed by atoms with Gasteiger partial charge >= 0.3 is 0 Å². The maximum absolute atomic E-state index is 11.8. The van der Waals surface area contributed by atoms with Gasteiger partial charge in [-0.1, -0.05) is 6.07 Å². The summed E-state index contributed by atoms with van der Waals surface area (Å²) in [4.78, 5) is 11.8. The third kappa shape index (κ3) is 3.90. The van der Waals surface area contributed by atoms with Crippen LogP contribution in [0.2, 0.25) is 0 Å². The van der Waals surface area contributed by atoms with E-state index in [1.165, 1.54) is 23.5 Å². The van der Waals surface area contributed by atoms with Crippen molar-refractivity contribution in [1.29, 1.82) is 0 Å². The summed E-state index contributed by atoms with van der Waals surface area (Å²) in [5.74, 6) is 3.30. The molecule has 1 saturated heterocycles. The molecule has 2 rings (SSSR count). The molecule has 4 heteroatoms. The van der Waals surface area contributed by atoms with Gasteiger partial charge < -0.3 is 10.6 Å². The molecule has 0 saturated carbocycles. The molecule has 1 unspecified atom stereocenters. The lowest BCUT2D eigenvalue weighted by atomic mass is 10.1. The lowest BCUT2D eigenvalue weighted by molar-refractivity contribution is 0.0956. The van der Waals surface area contributed by atoms with Crippen LogP contribution in [0.1, 0.15) is 29.3 Å². The predicted molar refractivity (Wildman–Crippen MR) is 83.1 cm³/mol. The summed E-state index contributed by atoms with van der Waals surface area (Å²) in [5, 5.41) is 6.33. The average molecular weight is 278 g/mol. The largest absolute Gasteiger partial charge is 0.385 e. The Morgan fingerprint density at radius 1 is 1.47 bits per heavy atom. The quantitative estimate of drug-likeness (QED) is 0.870. The summed E-state index contributed by atoms with van der Waals surface area (Å²) in [7, 11) is 0. The van der Waals surface area contributed by atoms with E-state index in [9.17, 15) is 4.79 Å². The third-order valence-electron chi connectivity index (χ3n) is 3.44. The number of anilines is 1. The van der Waals surface area contributed by atoms with Gasteiger partial charge in [-0.2, -0.15) is 11.8 Å². The standard InChI is InChI=1S/C15H22N2OS/c1-3-16-15(18)13-5-4-11(2)14(8-13)17-9-12-6-7-19-10-12/h4-5,8,12,17H,3,6-7,9-10H2,1-2H3,(H,16,18). The van der Waals surface area contributed by atoms with Crippen molar-refractivity contribution in [2.45, 2.75) is 20.3 Å². The van der Waals surface area contributed by atoms with Gasteiger partial charge in [0, 0.05) is 24.3 Å². The Morgan fingerprint density at radius 2 is 2.32 bits per heavy atom. The summed E-state index contributed by atoms with van der Waals surface area (Å²) >= 11 is 2.03. The highest BCUT2D eigenvalue weighted by molar-refractivity contribution is 7.99. The summed E-state index contributed by atoms with van der Waals surface area (Å²) in [6.45, 7) is 5.68. The molecule has 0 radical (unpaired) electrons. The highest BCUT2D eigenvalue weighted by Crippen LogP contribution is 2.24. The van der Waals surface area contributed by atoms with E-state index in [1.54, 1.807) is 0 Å². The highest BCUT2D eigenvalue weighted by Gasteiger charge is 2.15. The molecular formula is C15H22N2OS. The smallest absolute Gasteiger partial charge is 0.251 e. The molecule has 3 nitrogen and oxygen atoms in total. The third-order valence-corrected chi connectivity index (χ3v) is 4.67. The fraction of sp³-hybridized carbons (Fsp3) is 0.533. The molecule has 1 aliphatic rings. The van der Waals surface area contributed by atoms with Crippen molar-refractivity contribution in [3.63, 3.8) is 0 Å². The number of hydrogen-bond acceptors (Lipinski definition) is 3. The average Bonchev–Trinajstić information content (AvgIpc) is 2.91. The Kier molecular flexibility index (Phi) is 5.14. The van der Waals surface area contributed by atoms with E-state index in [2.05, 4.69) is 17.6 Å². The first-order valence-electron chi connectivity index (χ1n) is 6.91. The predicted octanol–water partition coefficient (Wildman–Crippen LogP) is 2.91. The van der Waals surface area contributed by atoms with Crippen LogP contribution in [0.4, 0.5) is 5.69 Å². The van der Waals surface area contributed by atoms with E-state index in [0.29, 0.717) is 6.54 Å². The monoisotopic (exact) mass is 278 g/mol. The number of hydrogen-bond donors (Lipinski definition) is 2. The molecule has 1 atom stereocenters. The second-order valence-corrected chi connectivity index (χ2v) is 6.15. The van der Waals surface area contributed by atoms with E-state index in [4.69, 9.17) is 0 Å². The zero-order chi connectivity index (χ0) is 13.7. The van der Waals surface area contributed by atoms with Crippen molar-refractivity contribution in [2.24, 2.45) is 5.92 Å².